The van der Waals surface area contributed by atoms with Crippen molar-refractivity contribution in [2.75, 3.05) is 0 Å². The van der Waals surface area contributed by atoms with Crippen molar-refractivity contribution in [1.29, 1.82) is 5.26 Å². The van der Waals surface area contributed by atoms with E-state index in [1.165, 1.54) is 0 Å². The maximum atomic E-state index is 11.4. The maximum Gasteiger partial charge on any atom is 0.263 e. The van der Waals surface area contributed by atoms with Gasteiger partial charge in [-0.3, -0.25) is 4.79 Å². The fourth-order valence-corrected chi connectivity index (χ4v) is 2.30. The Morgan fingerprint density at radius 2 is 2.07 bits per heavy atom. The lowest BCUT2D eigenvalue weighted by Gasteiger charge is -2.16. The lowest BCUT2D eigenvalue weighted by molar-refractivity contribution is 0.662. The molecule has 1 aromatic rings. The van der Waals surface area contributed by atoms with Crippen molar-refractivity contribution in [1.82, 2.24) is 4.98 Å². The molecule has 0 aromatic carbocycles. The van der Waals surface area contributed by atoms with Crippen LogP contribution in [0, 0.1) is 11.3 Å². The predicted molar refractivity (Wildman–Crippen MR) is 56.1 cm³/mol. The molecular formula is C10H9BrN2O. The second-order valence-electron chi connectivity index (χ2n) is 3.42. The van der Waals surface area contributed by atoms with Crippen LogP contribution in [0.15, 0.2) is 9.27 Å². The first-order valence-corrected chi connectivity index (χ1v) is 5.37. The highest BCUT2D eigenvalue weighted by molar-refractivity contribution is 9.10. The van der Waals surface area contributed by atoms with Gasteiger partial charge in [-0.1, -0.05) is 0 Å². The monoisotopic (exact) mass is 252 g/mol. The summed E-state index contributed by atoms with van der Waals surface area (Å²) in [7, 11) is 0. The molecule has 0 fully saturated rings. The first-order valence-electron chi connectivity index (χ1n) is 4.57. The van der Waals surface area contributed by atoms with Gasteiger partial charge in [0.15, 0.2) is 0 Å². The van der Waals surface area contributed by atoms with E-state index in [2.05, 4.69) is 27.0 Å². The smallest absolute Gasteiger partial charge is 0.263 e. The topological polar surface area (TPSA) is 56.6 Å². The molecular weight excluding hydrogens is 244 g/mol. The van der Waals surface area contributed by atoms with Crippen molar-refractivity contribution >= 4 is 15.9 Å². The van der Waals surface area contributed by atoms with E-state index < -0.39 is 0 Å². The number of halogens is 1. The first kappa shape index (κ1) is 9.47. The average Bonchev–Trinajstić information content (AvgIpc) is 2.20. The van der Waals surface area contributed by atoms with E-state index in [1.807, 2.05) is 0 Å². The van der Waals surface area contributed by atoms with E-state index in [0.717, 1.165) is 36.9 Å². The summed E-state index contributed by atoms with van der Waals surface area (Å²) in [6, 6.07) is 2.10. The van der Waals surface area contributed by atoms with Gasteiger partial charge in [0, 0.05) is 5.69 Å². The maximum absolute atomic E-state index is 11.4. The van der Waals surface area contributed by atoms with Crippen molar-refractivity contribution in [3.63, 3.8) is 0 Å². The lowest BCUT2D eigenvalue weighted by atomic mass is 9.93. The minimum atomic E-state index is -0.192. The number of aromatic nitrogens is 1. The molecule has 1 aliphatic carbocycles. The molecule has 3 nitrogen and oxygen atoms in total. The van der Waals surface area contributed by atoms with Gasteiger partial charge in [-0.15, -0.1) is 0 Å². The molecule has 72 valence electrons. The fraction of sp³-hybridized carbons (Fsp3) is 0.400. The van der Waals surface area contributed by atoms with Crippen LogP contribution < -0.4 is 5.56 Å². The molecule has 2 rings (SSSR count). The predicted octanol–water partition coefficient (Wildman–Crippen LogP) is 1.89. The molecule has 1 N–H and O–H groups in total. The van der Waals surface area contributed by atoms with E-state index in [0.29, 0.717) is 10.0 Å². The molecule has 0 aliphatic heterocycles. The van der Waals surface area contributed by atoms with Gasteiger partial charge in [0.05, 0.1) is 5.56 Å². The highest BCUT2D eigenvalue weighted by Crippen LogP contribution is 2.24. The van der Waals surface area contributed by atoms with Gasteiger partial charge in [0.2, 0.25) is 0 Å². The number of hydrogen-bond donors (Lipinski definition) is 1. The number of aromatic amines is 1. The summed E-state index contributed by atoms with van der Waals surface area (Å²) in [5, 5.41) is 8.97. The molecule has 4 heteroatoms. The lowest BCUT2D eigenvalue weighted by Crippen LogP contribution is -2.18. The minimum Gasteiger partial charge on any atom is -0.325 e. The third kappa shape index (κ3) is 1.38. The summed E-state index contributed by atoms with van der Waals surface area (Å²) in [5.74, 6) is 0. The Kier molecular flexibility index (Phi) is 2.42. The molecule has 1 heterocycles. The minimum absolute atomic E-state index is 0.192. The number of H-pyrrole nitrogens is 1. The molecule has 0 spiro atoms. The molecule has 1 aliphatic rings. The van der Waals surface area contributed by atoms with E-state index in [1.54, 1.807) is 0 Å². The molecule has 0 unspecified atom stereocenters. The van der Waals surface area contributed by atoms with Crippen LogP contribution in [-0.2, 0) is 12.8 Å². The van der Waals surface area contributed by atoms with Crippen molar-refractivity contribution in [2.45, 2.75) is 25.7 Å². The van der Waals surface area contributed by atoms with Crippen LogP contribution in [0.5, 0.6) is 0 Å². The third-order valence-corrected chi connectivity index (χ3v) is 3.32. The van der Waals surface area contributed by atoms with Gasteiger partial charge < -0.3 is 4.98 Å². The second-order valence-corrected chi connectivity index (χ2v) is 4.21. The van der Waals surface area contributed by atoms with Gasteiger partial charge in [0.1, 0.15) is 10.5 Å². The molecule has 0 atom stereocenters. The van der Waals surface area contributed by atoms with Crippen LogP contribution in [0.4, 0.5) is 0 Å². The number of fused-ring (bicyclic) bond motifs is 1. The molecule has 14 heavy (non-hydrogen) atoms. The summed E-state index contributed by atoms with van der Waals surface area (Å²) in [5.41, 5.74) is 2.29. The van der Waals surface area contributed by atoms with E-state index in [9.17, 15) is 4.79 Å². The Morgan fingerprint density at radius 3 is 2.79 bits per heavy atom. The largest absolute Gasteiger partial charge is 0.325 e. The Bertz CT molecular complexity index is 470. The van der Waals surface area contributed by atoms with Crippen molar-refractivity contribution in [3.05, 3.63) is 31.6 Å². The fourth-order valence-electron chi connectivity index (χ4n) is 1.87. The summed E-state index contributed by atoms with van der Waals surface area (Å²) in [6.07, 6.45) is 3.97. The Labute approximate surface area is 89.9 Å². The zero-order valence-corrected chi connectivity index (χ0v) is 9.15. The second kappa shape index (κ2) is 3.58. The number of aryl methyl sites for hydroxylation is 1. The Morgan fingerprint density at radius 1 is 1.36 bits per heavy atom. The number of pyridine rings is 1. The quantitative estimate of drug-likeness (QED) is 0.767. The molecule has 0 saturated carbocycles. The van der Waals surface area contributed by atoms with Gasteiger partial charge in [0.25, 0.3) is 5.56 Å². The SMILES string of the molecule is N#Cc1c2c([nH]c(=O)c1Br)CCCC2. The van der Waals surface area contributed by atoms with Gasteiger partial charge >= 0.3 is 0 Å². The van der Waals surface area contributed by atoms with Gasteiger partial charge in [-0.2, -0.15) is 5.26 Å². The third-order valence-electron chi connectivity index (χ3n) is 2.56. The number of hydrogen-bond acceptors (Lipinski definition) is 2. The standard InChI is InChI=1S/C10H9BrN2O/c11-9-7(5-12)6-3-1-2-4-8(6)13-10(9)14/h1-4H2,(H,13,14). The molecule has 0 radical (unpaired) electrons. The number of nitrogens with zero attached hydrogens (tertiary/aromatic N) is 1. The molecule has 0 amide bonds. The Hall–Kier alpha value is -1.08. The van der Waals surface area contributed by atoms with E-state index in [-0.39, 0.29) is 5.56 Å². The highest BCUT2D eigenvalue weighted by atomic mass is 79.9. The Balaban J connectivity index is 2.74. The van der Waals surface area contributed by atoms with Crippen molar-refractivity contribution < 1.29 is 0 Å². The summed E-state index contributed by atoms with van der Waals surface area (Å²) in [4.78, 5) is 14.2. The summed E-state index contributed by atoms with van der Waals surface area (Å²) in [6.45, 7) is 0. The molecule has 0 bridgehead atoms. The van der Waals surface area contributed by atoms with Crippen LogP contribution in [0.2, 0.25) is 0 Å². The van der Waals surface area contributed by atoms with Gasteiger partial charge in [-0.05, 0) is 47.2 Å². The van der Waals surface area contributed by atoms with Crippen LogP contribution in [0.1, 0.15) is 29.7 Å². The summed E-state index contributed by atoms with van der Waals surface area (Å²) < 4.78 is 0.376. The zero-order valence-electron chi connectivity index (χ0n) is 7.56. The summed E-state index contributed by atoms with van der Waals surface area (Å²) >= 11 is 3.15. The normalized spacial score (nSPS) is 14.6. The zero-order chi connectivity index (χ0) is 10.1. The first-order chi connectivity index (χ1) is 6.74. The number of nitriles is 1. The average molecular weight is 253 g/mol. The van der Waals surface area contributed by atoms with Gasteiger partial charge in [-0.25, -0.2) is 0 Å². The van der Waals surface area contributed by atoms with Crippen molar-refractivity contribution in [2.24, 2.45) is 0 Å². The molecule has 1 aromatic heterocycles. The van der Waals surface area contributed by atoms with E-state index in [4.69, 9.17) is 5.26 Å². The number of nitrogens with one attached hydrogen (secondary N) is 1. The number of rotatable bonds is 0. The van der Waals surface area contributed by atoms with Crippen LogP contribution in [-0.4, -0.2) is 4.98 Å². The highest BCUT2D eigenvalue weighted by Gasteiger charge is 2.18. The van der Waals surface area contributed by atoms with Crippen LogP contribution >= 0.6 is 15.9 Å². The van der Waals surface area contributed by atoms with Crippen LogP contribution in [0.3, 0.4) is 0 Å². The molecule has 0 saturated heterocycles. The van der Waals surface area contributed by atoms with Crippen molar-refractivity contribution in [3.8, 4) is 6.07 Å². The van der Waals surface area contributed by atoms with Crippen LogP contribution in [0.25, 0.3) is 0 Å². The van der Waals surface area contributed by atoms with E-state index >= 15 is 0 Å².